The number of fused-ring (bicyclic) bond motifs is 1. The van der Waals surface area contributed by atoms with E-state index in [1.807, 2.05) is 0 Å². The Morgan fingerprint density at radius 3 is 2.65 bits per heavy atom. The average Bonchev–Trinajstić information content (AvgIpc) is 2.55. The van der Waals surface area contributed by atoms with Gasteiger partial charge in [-0.25, -0.2) is 8.42 Å². The Balaban J connectivity index is 2.12. The molecular weight excluding hydrogens is 320 g/mol. The van der Waals surface area contributed by atoms with Crippen molar-refractivity contribution in [1.82, 2.24) is 9.29 Å². The standard InChI is InChI=1S/C15H18N2O5S/c1-10(18)13-9-16-14-3-2-11(8-12(14)15(13)19)23(20,21)17-4-6-22-7-5-17/h2-3,8-10,18H,4-7H2,1H3,(H,16,19). The number of benzene rings is 1. The molecule has 0 saturated carbocycles. The molecule has 0 radical (unpaired) electrons. The number of ether oxygens (including phenoxy) is 1. The van der Waals surface area contributed by atoms with Crippen molar-refractivity contribution in [1.29, 1.82) is 0 Å². The molecule has 0 aliphatic carbocycles. The van der Waals surface area contributed by atoms with Gasteiger partial charge in [0.1, 0.15) is 0 Å². The molecule has 1 saturated heterocycles. The van der Waals surface area contributed by atoms with Crippen LogP contribution in [0.4, 0.5) is 0 Å². The normalized spacial score (nSPS) is 18.2. The fraction of sp³-hybridized carbons (Fsp3) is 0.400. The van der Waals surface area contributed by atoms with Crippen molar-refractivity contribution in [3.63, 3.8) is 0 Å². The van der Waals surface area contributed by atoms with Crippen LogP contribution in [-0.2, 0) is 14.8 Å². The third-order valence-corrected chi connectivity index (χ3v) is 5.83. The molecule has 2 N–H and O–H groups in total. The molecule has 7 nitrogen and oxygen atoms in total. The first-order chi connectivity index (χ1) is 10.9. The van der Waals surface area contributed by atoms with Crippen LogP contribution in [0.2, 0.25) is 0 Å². The lowest BCUT2D eigenvalue weighted by Gasteiger charge is -2.26. The largest absolute Gasteiger partial charge is 0.389 e. The molecule has 8 heteroatoms. The van der Waals surface area contributed by atoms with Crippen LogP contribution in [0, 0.1) is 0 Å². The van der Waals surface area contributed by atoms with E-state index in [0.29, 0.717) is 31.8 Å². The van der Waals surface area contributed by atoms with E-state index in [0.717, 1.165) is 0 Å². The minimum Gasteiger partial charge on any atom is -0.389 e. The maximum Gasteiger partial charge on any atom is 0.243 e. The zero-order valence-electron chi connectivity index (χ0n) is 12.7. The van der Waals surface area contributed by atoms with Gasteiger partial charge in [0, 0.05) is 35.8 Å². The molecular formula is C15H18N2O5S. The Kier molecular flexibility index (Phi) is 4.24. The first kappa shape index (κ1) is 16.1. The van der Waals surface area contributed by atoms with Crippen molar-refractivity contribution in [2.24, 2.45) is 0 Å². The van der Waals surface area contributed by atoms with Crippen molar-refractivity contribution in [3.8, 4) is 0 Å². The van der Waals surface area contributed by atoms with E-state index in [9.17, 15) is 18.3 Å². The molecule has 1 atom stereocenters. The second-order valence-corrected chi connectivity index (χ2v) is 7.41. The van der Waals surface area contributed by atoms with E-state index >= 15 is 0 Å². The van der Waals surface area contributed by atoms with Crippen molar-refractivity contribution in [2.75, 3.05) is 26.3 Å². The van der Waals surface area contributed by atoms with E-state index < -0.39 is 16.1 Å². The van der Waals surface area contributed by atoms with Crippen molar-refractivity contribution in [3.05, 3.63) is 40.2 Å². The smallest absolute Gasteiger partial charge is 0.243 e. The molecule has 23 heavy (non-hydrogen) atoms. The number of rotatable bonds is 3. The number of aliphatic hydroxyl groups excluding tert-OH is 1. The summed E-state index contributed by atoms with van der Waals surface area (Å²) in [5.74, 6) is 0. The molecule has 3 rings (SSSR count). The highest BCUT2D eigenvalue weighted by atomic mass is 32.2. The predicted octanol–water partition coefficient (Wildman–Crippen LogP) is 0.602. The summed E-state index contributed by atoms with van der Waals surface area (Å²) in [5, 5.41) is 9.88. The van der Waals surface area contributed by atoms with Crippen LogP contribution in [0.5, 0.6) is 0 Å². The number of hydrogen-bond donors (Lipinski definition) is 2. The number of aromatic nitrogens is 1. The third-order valence-electron chi connectivity index (χ3n) is 3.94. The summed E-state index contributed by atoms with van der Waals surface area (Å²) >= 11 is 0. The maximum absolute atomic E-state index is 12.7. The number of nitrogens with one attached hydrogen (secondary N) is 1. The number of aliphatic hydroxyl groups is 1. The number of aromatic amines is 1. The van der Waals surface area contributed by atoms with E-state index in [1.165, 1.54) is 29.6 Å². The molecule has 2 heterocycles. The molecule has 1 aliphatic rings. The lowest BCUT2D eigenvalue weighted by atomic mass is 10.1. The van der Waals surface area contributed by atoms with Gasteiger partial charge in [-0.15, -0.1) is 0 Å². The molecule has 1 fully saturated rings. The Morgan fingerprint density at radius 2 is 2.00 bits per heavy atom. The number of pyridine rings is 1. The fourth-order valence-electron chi connectivity index (χ4n) is 2.62. The van der Waals surface area contributed by atoms with Crippen molar-refractivity contribution < 1.29 is 18.3 Å². The first-order valence-electron chi connectivity index (χ1n) is 7.32. The second kappa shape index (κ2) is 6.04. The fourth-order valence-corrected chi connectivity index (χ4v) is 4.06. The lowest BCUT2D eigenvalue weighted by molar-refractivity contribution is 0.0730. The lowest BCUT2D eigenvalue weighted by Crippen LogP contribution is -2.40. The molecule has 0 amide bonds. The summed E-state index contributed by atoms with van der Waals surface area (Å²) in [4.78, 5) is 15.4. The molecule has 124 valence electrons. The van der Waals surface area contributed by atoms with Gasteiger partial charge in [0.05, 0.1) is 24.2 Å². The van der Waals surface area contributed by atoms with E-state index in [2.05, 4.69) is 4.98 Å². The van der Waals surface area contributed by atoms with E-state index in [4.69, 9.17) is 4.74 Å². The Hall–Kier alpha value is -1.74. The summed E-state index contributed by atoms with van der Waals surface area (Å²) in [6.07, 6.45) is 0.522. The minimum atomic E-state index is -3.67. The number of morpholine rings is 1. The van der Waals surface area contributed by atoms with Crippen LogP contribution < -0.4 is 5.43 Å². The highest BCUT2D eigenvalue weighted by molar-refractivity contribution is 7.89. The quantitative estimate of drug-likeness (QED) is 0.854. The monoisotopic (exact) mass is 338 g/mol. The number of H-pyrrole nitrogens is 1. The zero-order valence-corrected chi connectivity index (χ0v) is 13.5. The maximum atomic E-state index is 12.7. The first-order valence-corrected chi connectivity index (χ1v) is 8.76. The van der Waals surface area contributed by atoms with Crippen LogP contribution in [0.25, 0.3) is 10.9 Å². The van der Waals surface area contributed by atoms with Gasteiger partial charge in [0.15, 0.2) is 5.43 Å². The minimum absolute atomic E-state index is 0.0696. The van der Waals surface area contributed by atoms with Gasteiger partial charge < -0.3 is 14.8 Å². The van der Waals surface area contributed by atoms with Crippen molar-refractivity contribution in [2.45, 2.75) is 17.9 Å². The van der Waals surface area contributed by atoms with Crippen LogP contribution in [0.3, 0.4) is 0 Å². The van der Waals surface area contributed by atoms with Gasteiger partial charge in [-0.05, 0) is 25.1 Å². The van der Waals surface area contributed by atoms with E-state index in [-0.39, 0.29) is 21.3 Å². The van der Waals surface area contributed by atoms with Crippen LogP contribution in [0.15, 0.2) is 34.1 Å². The SMILES string of the molecule is CC(O)c1c[nH]c2ccc(S(=O)(=O)N3CCOCC3)cc2c1=O. The van der Waals surface area contributed by atoms with Gasteiger partial charge >= 0.3 is 0 Å². The molecule has 0 bridgehead atoms. The molecule has 1 aliphatic heterocycles. The number of nitrogens with zero attached hydrogens (tertiary/aromatic N) is 1. The van der Waals surface area contributed by atoms with Crippen LogP contribution in [0.1, 0.15) is 18.6 Å². The molecule has 1 aromatic heterocycles. The summed E-state index contributed by atoms with van der Waals surface area (Å²) < 4.78 is 31.9. The van der Waals surface area contributed by atoms with Crippen molar-refractivity contribution >= 4 is 20.9 Å². The Bertz CT molecular complexity index is 882. The second-order valence-electron chi connectivity index (χ2n) is 5.47. The third kappa shape index (κ3) is 2.90. The van der Waals surface area contributed by atoms with Gasteiger partial charge in [0.2, 0.25) is 10.0 Å². The molecule has 1 unspecified atom stereocenters. The summed E-state index contributed by atoms with van der Waals surface area (Å²) in [5.41, 5.74) is 0.367. The highest BCUT2D eigenvalue weighted by Gasteiger charge is 2.26. The number of sulfonamides is 1. The van der Waals surface area contributed by atoms with Gasteiger partial charge in [-0.1, -0.05) is 0 Å². The molecule has 0 spiro atoms. The average molecular weight is 338 g/mol. The number of hydrogen-bond acceptors (Lipinski definition) is 5. The Labute approximate surface area is 133 Å². The molecule has 1 aromatic carbocycles. The van der Waals surface area contributed by atoms with Gasteiger partial charge in [-0.2, -0.15) is 4.31 Å². The van der Waals surface area contributed by atoms with Gasteiger partial charge in [-0.3, -0.25) is 4.79 Å². The highest BCUT2D eigenvalue weighted by Crippen LogP contribution is 2.21. The van der Waals surface area contributed by atoms with Gasteiger partial charge in [0.25, 0.3) is 0 Å². The van der Waals surface area contributed by atoms with Crippen LogP contribution in [-0.4, -0.2) is 49.1 Å². The molecule has 2 aromatic rings. The Morgan fingerprint density at radius 1 is 1.30 bits per heavy atom. The van der Waals surface area contributed by atoms with Crippen LogP contribution >= 0.6 is 0 Å². The zero-order chi connectivity index (χ0) is 16.6. The summed E-state index contributed by atoms with van der Waals surface area (Å²) in [7, 11) is -3.67. The summed E-state index contributed by atoms with van der Waals surface area (Å²) in [6, 6.07) is 4.41. The predicted molar refractivity (Wildman–Crippen MR) is 84.8 cm³/mol. The van der Waals surface area contributed by atoms with E-state index in [1.54, 1.807) is 6.07 Å². The summed E-state index contributed by atoms with van der Waals surface area (Å²) in [6.45, 7) is 2.80. The topological polar surface area (TPSA) is 99.7 Å².